The maximum Gasteiger partial charge on any atom is 0.255 e. The van der Waals surface area contributed by atoms with Gasteiger partial charge in [0, 0.05) is 37.8 Å². The molecular weight excluding hydrogens is 316 g/mol. The number of carbonyl (C=O) groups is 1. The number of hydrogen-bond acceptors (Lipinski definition) is 4. The van der Waals surface area contributed by atoms with Crippen LogP contribution in [0.2, 0.25) is 0 Å². The summed E-state index contributed by atoms with van der Waals surface area (Å²) in [5, 5.41) is 3.20. The zero-order chi connectivity index (χ0) is 17.1. The van der Waals surface area contributed by atoms with Gasteiger partial charge in [0.2, 0.25) is 0 Å². The Morgan fingerprint density at radius 2 is 2.12 bits per heavy atom. The summed E-state index contributed by atoms with van der Waals surface area (Å²) in [6.07, 6.45) is 8.75. The van der Waals surface area contributed by atoms with Crippen LogP contribution in [0.4, 0.5) is 0 Å². The van der Waals surface area contributed by atoms with Crippen molar-refractivity contribution in [3.8, 4) is 5.75 Å². The summed E-state index contributed by atoms with van der Waals surface area (Å²) in [4.78, 5) is 15.2. The molecule has 3 heterocycles. The fourth-order valence-electron chi connectivity index (χ4n) is 3.93. The minimum absolute atomic E-state index is 0.0234. The van der Waals surface area contributed by atoms with Crippen LogP contribution in [0, 0.1) is 0 Å². The van der Waals surface area contributed by atoms with E-state index < -0.39 is 0 Å². The number of nitrogens with one attached hydrogen (secondary N) is 1. The van der Waals surface area contributed by atoms with Crippen LogP contribution in [0.1, 0.15) is 41.6 Å². The van der Waals surface area contributed by atoms with Gasteiger partial charge in [0.25, 0.3) is 5.91 Å². The first-order chi connectivity index (χ1) is 12.3. The molecule has 1 N–H and O–H groups in total. The molecule has 0 saturated carbocycles. The highest BCUT2D eigenvalue weighted by molar-refractivity contribution is 5.98. The number of para-hydroxylation sites is 1. The Hall–Kier alpha value is -1.85. The lowest BCUT2D eigenvalue weighted by molar-refractivity contribution is 0.0612. The number of benzene rings is 1. The molecule has 4 rings (SSSR count). The van der Waals surface area contributed by atoms with Gasteiger partial charge in [-0.15, -0.1) is 0 Å². The van der Waals surface area contributed by atoms with E-state index in [0.717, 1.165) is 44.6 Å². The van der Waals surface area contributed by atoms with Crippen LogP contribution in [0.3, 0.4) is 0 Å². The molecule has 0 radical (unpaired) electrons. The van der Waals surface area contributed by atoms with E-state index in [1.54, 1.807) is 0 Å². The van der Waals surface area contributed by atoms with Crippen LogP contribution < -0.4 is 10.1 Å². The number of piperidine rings is 1. The van der Waals surface area contributed by atoms with Gasteiger partial charge in [-0.05, 0) is 37.8 Å². The van der Waals surface area contributed by atoms with E-state index in [2.05, 4.69) is 10.2 Å². The Kier molecular flexibility index (Phi) is 5.04. The van der Waals surface area contributed by atoms with Crippen molar-refractivity contribution in [2.45, 2.75) is 37.8 Å². The number of hydrogen-bond donors (Lipinski definition) is 1. The summed E-state index contributed by atoms with van der Waals surface area (Å²) in [5.41, 5.74) is 1.62. The minimum Gasteiger partial charge on any atom is -0.488 e. The zero-order valence-corrected chi connectivity index (χ0v) is 14.6. The highest BCUT2D eigenvalue weighted by Gasteiger charge is 2.26. The van der Waals surface area contributed by atoms with E-state index in [9.17, 15) is 4.79 Å². The molecule has 1 aromatic carbocycles. The molecule has 1 unspecified atom stereocenters. The van der Waals surface area contributed by atoms with E-state index in [1.807, 2.05) is 30.4 Å². The van der Waals surface area contributed by atoms with Crippen molar-refractivity contribution >= 4 is 12.0 Å². The second-order valence-electron chi connectivity index (χ2n) is 7.12. The average Bonchev–Trinajstić information content (AvgIpc) is 3.16. The van der Waals surface area contributed by atoms with E-state index in [-0.39, 0.29) is 11.9 Å². The Labute approximate surface area is 149 Å². The van der Waals surface area contributed by atoms with Crippen LogP contribution in [-0.4, -0.2) is 55.8 Å². The second-order valence-corrected chi connectivity index (χ2v) is 7.12. The lowest BCUT2D eigenvalue weighted by atomic mass is 10.0. The van der Waals surface area contributed by atoms with E-state index in [1.165, 1.54) is 12.8 Å². The number of ether oxygens (including phenoxy) is 2. The quantitative estimate of drug-likeness (QED) is 0.913. The van der Waals surface area contributed by atoms with Crippen molar-refractivity contribution in [2.24, 2.45) is 0 Å². The summed E-state index contributed by atoms with van der Waals surface area (Å²) in [5.74, 6) is 0.683. The number of rotatable bonds is 4. The lowest BCUT2D eigenvalue weighted by Gasteiger charge is -2.33. The summed E-state index contributed by atoms with van der Waals surface area (Å²) in [7, 11) is 0. The van der Waals surface area contributed by atoms with Crippen molar-refractivity contribution in [3.63, 3.8) is 0 Å². The maximum absolute atomic E-state index is 12.7. The zero-order valence-electron chi connectivity index (χ0n) is 14.6. The Bertz CT molecular complexity index is 644. The molecule has 0 aromatic heterocycles. The van der Waals surface area contributed by atoms with Gasteiger partial charge in [-0.2, -0.15) is 0 Å². The van der Waals surface area contributed by atoms with Crippen molar-refractivity contribution < 1.29 is 14.3 Å². The summed E-state index contributed by atoms with van der Waals surface area (Å²) in [6, 6.07) is 5.98. The largest absolute Gasteiger partial charge is 0.488 e. The molecule has 2 saturated heterocycles. The highest BCUT2D eigenvalue weighted by Crippen LogP contribution is 2.28. The monoisotopic (exact) mass is 342 g/mol. The molecular formula is C20H26N2O3. The predicted molar refractivity (Wildman–Crippen MR) is 96.9 cm³/mol. The smallest absolute Gasteiger partial charge is 0.255 e. The fourth-order valence-corrected chi connectivity index (χ4v) is 3.93. The molecule has 25 heavy (non-hydrogen) atoms. The molecule has 1 amide bonds. The first-order valence-corrected chi connectivity index (χ1v) is 9.37. The fraction of sp³-hybridized carbons (Fsp3) is 0.550. The minimum atomic E-state index is -0.0234. The molecule has 0 bridgehead atoms. The Morgan fingerprint density at radius 1 is 1.24 bits per heavy atom. The normalized spacial score (nSPS) is 23.9. The molecule has 1 atom stereocenters. The van der Waals surface area contributed by atoms with Crippen LogP contribution in [-0.2, 0) is 4.74 Å². The van der Waals surface area contributed by atoms with Crippen LogP contribution >= 0.6 is 0 Å². The topological polar surface area (TPSA) is 50.8 Å². The molecule has 2 fully saturated rings. The van der Waals surface area contributed by atoms with E-state index >= 15 is 0 Å². The third-order valence-corrected chi connectivity index (χ3v) is 5.32. The number of likely N-dealkylation sites (tertiary alicyclic amines) is 1. The average molecular weight is 342 g/mol. The van der Waals surface area contributed by atoms with Gasteiger partial charge in [0.15, 0.2) is 0 Å². The van der Waals surface area contributed by atoms with E-state index in [4.69, 9.17) is 9.47 Å². The first kappa shape index (κ1) is 16.6. The van der Waals surface area contributed by atoms with Crippen molar-refractivity contribution in [1.29, 1.82) is 0 Å². The summed E-state index contributed by atoms with van der Waals surface area (Å²) in [6.45, 7) is 4.52. The molecule has 134 valence electrons. The SMILES string of the molecule is O=C(NC1CCN(CC2CCCO2)CC1)c1cccc2c1OCC=C2. The number of fused-ring (bicyclic) bond motifs is 1. The third kappa shape index (κ3) is 3.88. The van der Waals surface area contributed by atoms with Crippen molar-refractivity contribution in [1.82, 2.24) is 10.2 Å². The lowest BCUT2D eigenvalue weighted by Crippen LogP contribution is -2.46. The van der Waals surface area contributed by atoms with Gasteiger partial charge in [0.05, 0.1) is 11.7 Å². The summed E-state index contributed by atoms with van der Waals surface area (Å²) >= 11 is 0. The molecule has 5 nitrogen and oxygen atoms in total. The number of carbonyl (C=O) groups excluding carboxylic acids is 1. The second kappa shape index (κ2) is 7.58. The Morgan fingerprint density at radius 3 is 2.92 bits per heavy atom. The van der Waals surface area contributed by atoms with Crippen LogP contribution in [0.15, 0.2) is 24.3 Å². The van der Waals surface area contributed by atoms with Crippen LogP contribution in [0.25, 0.3) is 6.08 Å². The van der Waals surface area contributed by atoms with Gasteiger partial charge >= 0.3 is 0 Å². The number of nitrogens with zero attached hydrogens (tertiary/aromatic N) is 1. The first-order valence-electron chi connectivity index (χ1n) is 9.37. The van der Waals surface area contributed by atoms with Gasteiger partial charge < -0.3 is 19.7 Å². The number of amides is 1. The molecule has 5 heteroatoms. The maximum atomic E-state index is 12.7. The van der Waals surface area contributed by atoms with Crippen LogP contribution in [0.5, 0.6) is 5.75 Å². The highest BCUT2D eigenvalue weighted by atomic mass is 16.5. The van der Waals surface area contributed by atoms with Gasteiger partial charge in [-0.3, -0.25) is 4.79 Å². The molecule has 1 aromatic rings. The van der Waals surface area contributed by atoms with Gasteiger partial charge in [-0.1, -0.05) is 18.2 Å². The standard InChI is InChI=1S/C20H26N2O3/c23-20(18-7-1-4-15-5-2-13-25-19(15)18)21-16-8-10-22(11-9-16)14-17-6-3-12-24-17/h1-2,4-5,7,16-17H,3,6,8-14H2,(H,21,23). The van der Waals surface area contributed by atoms with Crippen molar-refractivity contribution in [2.75, 3.05) is 32.8 Å². The summed E-state index contributed by atoms with van der Waals surface area (Å²) < 4.78 is 11.4. The molecule has 0 spiro atoms. The van der Waals surface area contributed by atoms with Gasteiger partial charge in [-0.25, -0.2) is 0 Å². The Balaban J connectivity index is 1.31. The molecule has 3 aliphatic rings. The third-order valence-electron chi connectivity index (χ3n) is 5.32. The van der Waals surface area contributed by atoms with Crippen molar-refractivity contribution in [3.05, 3.63) is 35.4 Å². The van der Waals surface area contributed by atoms with Gasteiger partial charge in [0.1, 0.15) is 12.4 Å². The predicted octanol–water partition coefficient (Wildman–Crippen LogP) is 2.47. The van der Waals surface area contributed by atoms with E-state index in [0.29, 0.717) is 24.0 Å². The molecule has 0 aliphatic carbocycles. The molecule has 3 aliphatic heterocycles.